The molecule has 0 spiro atoms. The normalized spacial score (nSPS) is 15.2. The van der Waals surface area contributed by atoms with E-state index >= 15 is 0 Å². The number of aromatic amines is 1. The van der Waals surface area contributed by atoms with E-state index in [1.54, 1.807) is 18.3 Å². The van der Waals surface area contributed by atoms with Crippen LogP contribution in [0.25, 0.3) is 17.0 Å². The van der Waals surface area contributed by atoms with Gasteiger partial charge in [-0.3, -0.25) is 4.79 Å². The molecule has 114 valence electrons. The first-order valence-electron chi connectivity index (χ1n) is 6.80. The molecule has 2 heterocycles. The van der Waals surface area contributed by atoms with E-state index in [9.17, 15) is 15.0 Å². The highest BCUT2D eigenvalue weighted by molar-refractivity contribution is 6.36. The van der Waals surface area contributed by atoms with Gasteiger partial charge in [-0.2, -0.15) is 0 Å². The number of Topliss-reactive ketones (excluding diaryl/α,β-unsaturated/α-hetero) is 1. The Morgan fingerprint density at radius 2 is 2.04 bits per heavy atom. The lowest BCUT2D eigenvalue weighted by molar-refractivity contribution is 0.101. The van der Waals surface area contributed by atoms with Crippen molar-refractivity contribution in [3.63, 3.8) is 0 Å². The molecule has 1 aliphatic heterocycles. The minimum atomic E-state index is -0.445. The average molecular weight is 328 g/mol. The molecule has 6 heteroatoms. The number of ether oxygens (including phenoxy) is 1. The molecule has 0 unspecified atom stereocenters. The summed E-state index contributed by atoms with van der Waals surface area (Å²) < 4.78 is 5.48. The van der Waals surface area contributed by atoms with Gasteiger partial charge in [0.1, 0.15) is 22.8 Å². The second kappa shape index (κ2) is 4.79. The Morgan fingerprint density at radius 1 is 1.22 bits per heavy atom. The number of nitrogens with one attached hydrogen (secondary N) is 1. The zero-order valence-corrected chi connectivity index (χ0v) is 12.4. The summed E-state index contributed by atoms with van der Waals surface area (Å²) in [4.78, 5) is 15.5. The molecular formula is C17H10ClNO4. The molecule has 0 bridgehead atoms. The van der Waals surface area contributed by atoms with Crippen LogP contribution in [0.4, 0.5) is 0 Å². The fourth-order valence-corrected chi connectivity index (χ4v) is 2.98. The Kier molecular flexibility index (Phi) is 2.86. The van der Waals surface area contributed by atoms with Crippen molar-refractivity contribution in [2.24, 2.45) is 0 Å². The van der Waals surface area contributed by atoms with Gasteiger partial charge in [-0.1, -0.05) is 17.7 Å². The molecule has 0 saturated carbocycles. The highest BCUT2D eigenvalue weighted by atomic mass is 35.5. The zero-order valence-electron chi connectivity index (χ0n) is 11.6. The maximum absolute atomic E-state index is 12.4. The SMILES string of the molecule is O=C1/C(=C\c2c[nH]c3cccc(Cl)c23)Oc2cc(O)cc(O)c21. The van der Waals surface area contributed by atoms with Crippen molar-refractivity contribution in [2.75, 3.05) is 0 Å². The fourth-order valence-electron chi connectivity index (χ4n) is 2.70. The molecule has 3 aromatic rings. The zero-order chi connectivity index (χ0) is 16.1. The van der Waals surface area contributed by atoms with Gasteiger partial charge in [-0.25, -0.2) is 0 Å². The number of halogens is 1. The summed E-state index contributed by atoms with van der Waals surface area (Å²) in [5.74, 6) is -0.749. The molecule has 23 heavy (non-hydrogen) atoms. The summed E-state index contributed by atoms with van der Waals surface area (Å²) >= 11 is 6.21. The van der Waals surface area contributed by atoms with Crippen LogP contribution in [0.5, 0.6) is 17.2 Å². The highest BCUT2D eigenvalue weighted by Gasteiger charge is 2.31. The van der Waals surface area contributed by atoms with Gasteiger partial charge in [0.25, 0.3) is 0 Å². The van der Waals surface area contributed by atoms with Crippen LogP contribution in [-0.4, -0.2) is 21.0 Å². The smallest absolute Gasteiger partial charge is 0.235 e. The number of aromatic nitrogens is 1. The quantitative estimate of drug-likeness (QED) is 0.593. The summed E-state index contributed by atoms with van der Waals surface area (Å²) in [6.07, 6.45) is 3.28. The predicted molar refractivity (Wildman–Crippen MR) is 86.0 cm³/mol. The summed E-state index contributed by atoms with van der Waals surface area (Å²) in [5, 5.41) is 20.7. The fraction of sp³-hybridized carbons (Fsp3) is 0. The van der Waals surface area contributed by atoms with Crippen LogP contribution in [0.3, 0.4) is 0 Å². The first kappa shape index (κ1) is 13.7. The van der Waals surface area contributed by atoms with E-state index in [-0.39, 0.29) is 28.6 Å². The predicted octanol–water partition coefficient (Wildman–Crippen LogP) is 3.85. The summed E-state index contributed by atoms with van der Waals surface area (Å²) in [6.45, 7) is 0. The number of allylic oxidation sites excluding steroid dienone is 1. The second-order valence-electron chi connectivity index (χ2n) is 5.18. The lowest BCUT2D eigenvalue weighted by atomic mass is 10.1. The van der Waals surface area contributed by atoms with Crippen LogP contribution in [0.1, 0.15) is 15.9 Å². The van der Waals surface area contributed by atoms with E-state index in [1.165, 1.54) is 6.07 Å². The maximum atomic E-state index is 12.4. The van der Waals surface area contributed by atoms with Crippen LogP contribution in [-0.2, 0) is 0 Å². The monoisotopic (exact) mass is 327 g/mol. The number of fused-ring (bicyclic) bond motifs is 2. The van der Waals surface area contributed by atoms with Gasteiger partial charge in [0, 0.05) is 34.8 Å². The number of phenolic OH excluding ortho intramolecular Hbond substituents is 2. The Morgan fingerprint density at radius 3 is 2.87 bits per heavy atom. The standard InChI is InChI=1S/C17H10ClNO4/c18-10-2-1-3-11-15(10)8(7-19-11)4-14-17(22)16-12(21)5-9(20)6-13(16)23-14/h1-7,19-21H/b14-4+. The summed E-state index contributed by atoms with van der Waals surface area (Å²) in [5.41, 5.74) is 1.58. The molecule has 1 aromatic heterocycles. The van der Waals surface area contributed by atoms with E-state index in [1.807, 2.05) is 12.1 Å². The first-order valence-corrected chi connectivity index (χ1v) is 7.18. The number of carbonyl (C=O) groups excluding carboxylic acids is 1. The van der Waals surface area contributed by atoms with Crippen LogP contribution >= 0.6 is 11.6 Å². The lowest BCUT2D eigenvalue weighted by Gasteiger charge is -2.00. The van der Waals surface area contributed by atoms with Gasteiger partial charge < -0.3 is 19.9 Å². The van der Waals surface area contributed by atoms with Gasteiger partial charge in [0.15, 0.2) is 5.76 Å². The van der Waals surface area contributed by atoms with Gasteiger partial charge in [-0.15, -0.1) is 0 Å². The molecular weight excluding hydrogens is 318 g/mol. The molecule has 0 fully saturated rings. The van der Waals surface area contributed by atoms with Crippen LogP contribution in [0.15, 0.2) is 42.3 Å². The molecule has 5 nitrogen and oxygen atoms in total. The summed E-state index contributed by atoms with van der Waals surface area (Å²) in [7, 11) is 0. The molecule has 3 N–H and O–H groups in total. The van der Waals surface area contributed by atoms with Gasteiger partial charge >= 0.3 is 0 Å². The van der Waals surface area contributed by atoms with Crippen molar-refractivity contribution in [2.45, 2.75) is 0 Å². The third kappa shape index (κ3) is 2.05. The molecule has 0 aliphatic carbocycles. The summed E-state index contributed by atoms with van der Waals surface area (Å²) in [6, 6.07) is 7.85. The number of benzene rings is 2. The van der Waals surface area contributed by atoms with E-state index in [4.69, 9.17) is 16.3 Å². The Labute approximate surface area is 135 Å². The van der Waals surface area contributed by atoms with E-state index in [0.717, 1.165) is 17.0 Å². The van der Waals surface area contributed by atoms with E-state index < -0.39 is 5.78 Å². The topological polar surface area (TPSA) is 82.6 Å². The van der Waals surface area contributed by atoms with Crippen LogP contribution in [0, 0.1) is 0 Å². The average Bonchev–Trinajstić information content (AvgIpc) is 3.03. The lowest BCUT2D eigenvalue weighted by Crippen LogP contribution is -1.98. The minimum Gasteiger partial charge on any atom is -0.508 e. The van der Waals surface area contributed by atoms with Crippen LogP contribution in [0.2, 0.25) is 5.02 Å². The van der Waals surface area contributed by atoms with E-state index in [0.29, 0.717) is 10.6 Å². The number of phenols is 2. The van der Waals surface area contributed by atoms with E-state index in [2.05, 4.69) is 4.98 Å². The number of hydrogen-bond acceptors (Lipinski definition) is 4. The number of hydrogen-bond donors (Lipinski definition) is 3. The Balaban J connectivity index is 1.84. The number of H-pyrrole nitrogens is 1. The Bertz CT molecular complexity index is 1000. The second-order valence-corrected chi connectivity index (χ2v) is 5.59. The van der Waals surface area contributed by atoms with Crippen molar-refractivity contribution in [1.82, 2.24) is 4.98 Å². The number of rotatable bonds is 1. The van der Waals surface area contributed by atoms with Gasteiger partial charge in [0.05, 0.1) is 5.02 Å². The molecule has 1 aliphatic rings. The van der Waals surface area contributed by atoms with Crippen molar-refractivity contribution in [3.8, 4) is 17.2 Å². The highest BCUT2D eigenvalue weighted by Crippen LogP contribution is 2.41. The van der Waals surface area contributed by atoms with Crippen molar-refractivity contribution in [3.05, 3.63) is 58.4 Å². The number of aromatic hydroxyl groups is 2. The molecule has 0 amide bonds. The molecule has 2 aromatic carbocycles. The number of carbonyl (C=O) groups is 1. The molecule has 0 saturated heterocycles. The van der Waals surface area contributed by atoms with Gasteiger partial charge in [0.2, 0.25) is 5.78 Å². The maximum Gasteiger partial charge on any atom is 0.235 e. The minimum absolute atomic E-state index is 0.0417. The Hall–Kier alpha value is -2.92. The molecule has 0 atom stereocenters. The van der Waals surface area contributed by atoms with Crippen LogP contribution < -0.4 is 4.74 Å². The molecule has 4 rings (SSSR count). The van der Waals surface area contributed by atoms with Gasteiger partial charge in [-0.05, 0) is 18.2 Å². The van der Waals surface area contributed by atoms with Crippen molar-refractivity contribution >= 4 is 34.4 Å². The third-order valence-corrected chi connectivity index (χ3v) is 4.02. The molecule has 0 radical (unpaired) electrons. The largest absolute Gasteiger partial charge is 0.508 e. The number of ketones is 1. The van der Waals surface area contributed by atoms with Crippen molar-refractivity contribution < 1.29 is 19.7 Å². The third-order valence-electron chi connectivity index (χ3n) is 3.71. The van der Waals surface area contributed by atoms with Crippen molar-refractivity contribution in [1.29, 1.82) is 0 Å². The first-order chi connectivity index (χ1) is 11.0.